The third-order valence-electron chi connectivity index (χ3n) is 3.38. The summed E-state index contributed by atoms with van der Waals surface area (Å²) in [5.74, 6) is 0.0512. The fourth-order valence-corrected chi connectivity index (χ4v) is 2.18. The molecule has 3 rings (SSSR count). The highest BCUT2D eigenvalue weighted by Gasteiger charge is 2.18. The molecule has 0 fully saturated rings. The molecule has 2 aromatic heterocycles. The van der Waals surface area contributed by atoms with Crippen LogP contribution in [0.4, 0.5) is 0 Å². The molecule has 3 aromatic rings. The number of nitrogens with one attached hydrogen (secondary N) is 1. The zero-order chi connectivity index (χ0) is 16.1. The van der Waals surface area contributed by atoms with Gasteiger partial charge < -0.3 is 14.9 Å². The van der Waals surface area contributed by atoms with E-state index >= 15 is 0 Å². The number of hydrogen-bond acceptors (Lipinski definition) is 5. The summed E-state index contributed by atoms with van der Waals surface area (Å²) in [6.45, 7) is -0.205. The third kappa shape index (κ3) is 3.44. The van der Waals surface area contributed by atoms with E-state index in [1.165, 1.54) is 0 Å². The second kappa shape index (κ2) is 6.85. The van der Waals surface area contributed by atoms with E-state index in [4.69, 9.17) is 4.52 Å². The Bertz CT molecular complexity index is 772. The lowest BCUT2D eigenvalue weighted by Gasteiger charge is -2.15. The Morgan fingerprint density at radius 3 is 2.74 bits per heavy atom. The number of rotatable bonds is 5. The Hall–Kier alpha value is -2.99. The lowest BCUT2D eigenvalue weighted by atomic mass is 10.1. The summed E-state index contributed by atoms with van der Waals surface area (Å²) in [6.07, 6.45) is 3.28. The van der Waals surface area contributed by atoms with Crippen molar-refractivity contribution in [1.29, 1.82) is 0 Å². The molecule has 0 aliphatic heterocycles. The molecular formula is C17H15N3O3. The SMILES string of the molecule is O=C(NC(CO)c1ccccc1)c1cc(-c2cccnc2)on1. The number of aliphatic hydroxyl groups excluding tert-OH is 1. The summed E-state index contributed by atoms with van der Waals surface area (Å²) in [7, 11) is 0. The summed E-state index contributed by atoms with van der Waals surface area (Å²) in [4.78, 5) is 16.3. The molecule has 0 spiro atoms. The second-order valence-corrected chi connectivity index (χ2v) is 4.94. The molecule has 0 bridgehead atoms. The number of hydrogen-bond donors (Lipinski definition) is 2. The molecule has 6 heteroatoms. The van der Waals surface area contributed by atoms with Crippen LogP contribution in [0.15, 0.2) is 65.4 Å². The van der Waals surface area contributed by atoms with Crippen LogP contribution >= 0.6 is 0 Å². The van der Waals surface area contributed by atoms with E-state index < -0.39 is 11.9 Å². The van der Waals surface area contributed by atoms with Crippen molar-refractivity contribution in [1.82, 2.24) is 15.5 Å². The normalized spacial score (nSPS) is 11.9. The van der Waals surface area contributed by atoms with Gasteiger partial charge in [0.2, 0.25) is 0 Å². The largest absolute Gasteiger partial charge is 0.394 e. The monoisotopic (exact) mass is 309 g/mol. The maximum absolute atomic E-state index is 12.3. The Morgan fingerprint density at radius 1 is 1.22 bits per heavy atom. The molecule has 0 aliphatic rings. The smallest absolute Gasteiger partial charge is 0.274 e. The number of aromatic nitrogens is 2. The first-order valence-corrected chi connectivity index (χ1v) is 7.11. The van der Waals surface area contributed by atoms with E-state index in [1.807, 2.05) is 36.4 Å². The molecule has 1 atom stereocenters. The van der Waals surface area contributed by atoms with E-state index in [0.29, 0.717) is 5.76 Å². The number of amides is 1. The van der Waals surface area contributed by atoms with Crippen LogP contribution in [0.2, 0.25) is 0 Å². The minimum absolute atomic E-state index is 0.151. The predicted octanol–water partition coefficient (Wildman–Crippen LogP) is 2.20. The Labute approximate surface area is 132 Å². The van der Waals surface area contributed by atoms with E-state index in [2.05, 4.69) is 15.5 Å². The summed E-state index contributed by atoms with van der Waals surface area (Å²) >= 11 is 0. The number of nitrogens with zero attached hydrogens (tertiary/aromatic N) is 2. The van der Waals surface area contributed by atoms with E-state index in [0.717, 1.165) is 11.1 Å². The molecule has 2 N–H and O–H groups in total. The molecule has 1 aromatic carbocycles. The van der Waals surface area contributed by atoms with Gasteiger partial charge in [0.25, 0.3) is 5.91 Å². The topological polar surface area (TPSA) is 88.2 Å². The Kier molecular flexibility index (Phi) is 4.44. The number of carbonyl (C=O) groups excluding carboxylic acids is 1. The first-order valence-electron chi connectivity index (χ1n) is 7.11. The first-order chi connectivity index (χ1) is 11.3. The lowest BCUT2D eigenvalue weighted by Crippen LogP contribution is -2.30. The summed E-state index contributed by atoms with van der Waals surface area (Å²) in [6, 6.07) is 13.9. The van der Waals surface area contributed by atoms with Crippen LogP contribution in [0.25, 0.3) is 11.3 Å². The second-order valence-electron chi connectivity index (χ2n) is 4.94. The highest BCUT2D eigenvalue weighted by Crippen LogP contribution is 2.19. The van der Waals surface area contributed by atoms with Gasteiger partial charge in [-0.15, -0.1) is 0 Å². The summed E-state index contributed by atoms with van der Waals surface area (Å²) in [5, 5.41) is 16.0. The van der Waals surface area contributed by atoms with Gasteiger partial charge >= 0.3 is 0 Å². The molecule has 0 saturated carbocycles. The molecular weight excluding hydrogens is 294 g/mol. The minimum Gasteiger partial charge on any atom is -0.394 e. The molecule has 2 heterocycles. The average Bonchev–Trinajstić information content (AvgIpc) is 3.11. The summed E-state index contributed by atoms with van der Waals surface area (Å²) in [5.41, 5.74) is 1.71. The molecule has 116 valence electrons. The fourth-order valence-electron chi connectivity index (χ4n) is 2.18. The van der Waals surface area contributed by atoms with Crippen LogP contribution in [0, 0.1) is 0 Å². The number of benzene rings is 1. The molecule has 6 nitrogen and oxygen atoms in total. The van der Waals surface area contributed by atoms with Crippen LogP contribution in [-0.4, -0.2) is 27.8 Å². The van der Waals surface area contributed by atoms with Gasteiger partial charge in [-0.05, 0) is 17.7 Å². The van der Waals surface area contributed by atoms with Crippen LogP contribution < -0.4 is 5.32 Å². The Balaban J connectivity index is 1.75. The van der Waals surface area contributed by atoms with E-state index in [1.54, 1.807) is 24.5 Å². The van der Waals surface area contributed by atoms with Crippen molar-refractivity contribution in [2.45, 2.75) is 6.04 Å². The third-order valence-corrected chi connectivity index (χ3v) is 3.38. The quantitative estimate of drug-likeness (QED) is 0.754. The van der Waals surface area contributed by atoms with Gasteiger partial charge in [-0.25, -0.2) is 0 Å². The highest BCUT2D eigenvalue weighted by molar-refractivity contribution is 5.93. The average molecular weight is 309 g/mol. The molecule has 1 amide bonds. The maximum atomic E-state index is 12.3. The highest BCUT2D eigenvalue weighted by atomic mass is 16.5. The van der Waals surface area contributed by atoms with Crippen LogP contribution in [-0.2, 0) is 0 Å². The standard InChI is InChI=1S/C17H15N3O3/c21-11-15(12-5-2-1-3-6-12)19-17(22)14-9-16(23-20-14)13-7-4-8-18-10-13/h1-10,15,21H,11H2,(H,19,22). The van der Waals surface area contributed by atoms with Crippen molar-refractivity contribution in [3.05, 3.63) is 72.2 Å². The summed E-state index contributed by atoms with van der Waals surface area (Å²) < 4.78 is 5.18. The van der Waals surface area contributed by atoms with Crippen molar-refractivity contribution in [2.24, 2.45) is 0 Å². The van der Waals surface area contributed by atoms with Crippen molar-refractivity contribution < 1.29 is 14.4 Å². The van der Waals surface area contributed by atoms with Gasteiger partial charge in [-0.1, -0.05) is 35.5 Å². The van der Waals surface area contributed by atoms with Gasteiger partial charge in [-0.3, -0.25) is 9.78 Å². The Morgan fingerprint density at radius 2 is 2.04 bits per heavy atom. The van der Waals surface area contributed by atoms with Gasteiger partial charge in [0.1, 0.15) is 0 Å². The van der Waals surface area contributed by atoms with Crippen LogP contribution in [0.5, 0.6) is 0 Å². The molecule has 23 heavy (non-hydrogen) atoms. The van der Waals surface area contributed by atoms with Gasteiger partial charge in [0.15, 0.2) is 11.5 Å². The number of pyridine rings is 1. The molecule has 0 saturated heterocycles. The van der Waals surface area contributed by atoms with Crippen molar-refractivity contribution >= 4 is 5.91 Å². The van der Waals surface area contributed by atoms with Crippen LogP contribution in [0.1, 0.15) is 22.1 Å². The van der Waals surface area contributed by atoms with Crippen molar-refractivity contribution in [3.63, 3.8) is 0 Å². The van der Waals surface area contributed by atoms with Crippen molar-refractivity contribution in [2.75, 3.05) is 6.61 Å². The van der Waals surface area contributed by atoms with Gasteiger partial charge in [-0.2, -0.15) is 0 Å². The maximum Gasteiger partial charge on any atom is 0.274 e. The molecule has 0 radical (unpaired) electrons. The van der Waals surface area contributed by atoms with Crippen LogP contribution in [0.3, 0.4) is 0 Å². The van der Waals surface area contributed by atoms with Crippen molar-refractivity contribution in [3.8, 4) is 11.3 Å². The minimum atomic E-state index is -0.498. The fraction of sp³-hybridized carbons (Fsp3) is 0.118. The molecule has 0 aliphatic carbocycles. The number of carbonyl (C=O) groups is 1. The zero-order valence-corrected chi connectivity index (χ0v) is 12.2. The predicted molar refractivity (Wildman–Crippen MR) is 83.5 cm³/mol. The van der Waals surface area contributed by atoms with Gasteiger partial charge in [0, 0.05) is 24.0 Å². The van der Waals surface area contributed by atoms with E-state index in [9.17, 15) is 9.90 Å². The molecule has 1 unspecified atom stereocenters. The van der Waals surface area contributed by atoms with E-state index in [-0.39, 0.29) is 12.3 Å². The lowest BCUT2D eigenvalue weighted by molar-refractivity contribution is 0.0907. The van der Waals surface area contributed by atoms with Gasteiger partial charge in [0.05, 0.1) is 12.6 Å². The first kappa shape index (κ1) is 14.9. The number of aliphatic hydroxyl groups is 1. The zero-order valence-electron chi connectivity index (χ0n) is 12.2.